The Kier molecular flexibility index (Phi) is 8.35. The summed E-state index contributed by atoms with van der Waals surface area (Å²) in [6, 6.07) is 9.14. The maximum absolute atomic E-state index is 12.8. The first-order chi connectivity index (χ1) is 15.1. The second kappa shape index (κ2) is 10.9. The van der Waals surface area contributed by atoms with E-state index in [0.717, 1.165) is 10.1 Å². The molecule has 0 unspecified atom stereocenters. The molecule has 0 aliphatic heterocycles. The van der Waals surface area contributed by atoms with Gasteiger partial charge in [0.25, 0.3) is 15.6 Å². The number of rotatable bonds is 10. The van der Waals surface area contributed by atoms with E-state index in [0.29, 0.717) is 12.1 Å². The van der Waals surface area contributed by atoms with Crippen molar-refractivity contribution < 1.29 is 22.8 Å². The summed E-state index contributed by atoms with van der Waals surface area (Å²) in [5, 5.41) is 7.98. The number of nitrogens with zero attached hydrogens (tertiary/aromatic N) is 2. The molecule has 0 saturated heterocycles. The number of oxime groups is 1. The molecule has 5 N–H and O–H groups in total. The average Bonchev–Trinajstić information content (AvgIpc) is 2.73. The Morgan fingerprint density at radius 3 is 2.69 bits per heavy atom. The first-order valence-electron chi connectivity index (χ1n) is 9.36. The lowest BCUT2D eigenvalue weighted by atomic mass is 10.2. The van der Waals surface area contributed by atoms with Gasteiger partial charge < -0.3 is 20.5 Å². The van der Waals surface area contributed by atoms with Crippen LogP contribution in [0.3, 0.4) is 0 Å². The van der Waals surface area contributed by atoms with Crippen molar-refractivity contribution in [2.75, 3.05) is 17.9 Å². The average molecular weight is 465 g/mol. The van der Waals surface area contributed by atoms with E-state index in [4.69, 9.17) is 10.6 Å². The number of hydrogen-bond donors (Lipinski definition) is 4. The van der Waals surface area contributed by atoms with Gasteiger partial charge in [0, 0.05) is 5.69 Å². The molecule has 2 rings (SSSR count). The molecule has 0 radical (unpaired) electrons. The van der Waals surface area contributed by atoms with E-state index < -0.39 is 21.5 Å². The summed E-state index contributed by atoms with van der Waals surface area (Å²) in [6.45, 7) is 3.07. The van der Waals surface area contributed by atoms with E-state index in [-0.39, 0.29) is 36.2 Å². The summed E-state index contributed by atoms with van der Waals surface area (Å²) in [6.07, 6.45) is 0.332. The molecular weight excluding hydrogens is 440 g/mol. The quantitative estimate of drug-likeness (QED) is 0.119. The summed E-state index contributed by atoms with van der Waals surface area (Å²) >= 11 is 0. The molecule has 12 nitrogen and oxygen atoms in total. The topological polar surface area (TPSA) is 174 Å². The Morgan fingerprint density at radius 2 is 2.00 bits per heavy atom. The van der Waals surface area contributed by atoms with Gasteiger partial charge >= 0.3 is 0 Å². The van der Waals surface area contributed by atoms with Gasteiger partial charge in [-0.05, 0) is 48.8 Å². The van der Waals surface area contributed by atoms with Crippen LogP contribution >= 0.6 is 0 Å². The summed E-state index contributed by atoms with van der Waals surface area (Å²) in [4.78, 5) is 39.9. The second-order valence-corrected chi connectivity index (χ2v) is 8.31. The van der Waals surface area contributed by atoms with Crippen molar-refractivity contribution in [3.05, 3.63) is 58.0 Å². The molecule has 1 heterocycles. The number of amides is 2. The number of carbonyl (C=O) groups is 2. The number of guanidine groups is 1. The van der Waals surface area contributed by atoms with Crippen LogP contribution in [-0.4, -0.2) is 44.4 Å². The Labute approximate surface area is 184 Å². The molecule has 0 saturated carbocycles. The third kappa shape index (κ3) is 6.84. The first-order valence-corrected chi connectivity index (χ1v) is 10.8. The van der Waals surface area contributed by atoms with Crippen molar-refractivity contribution in [3.63, 3.8) is 0 Å². The molecule has 13 heteroatoms. The van der Waals surface area contributed by atoms with Crippen LogP contribution in [0, 0.1) is 13.8 Å². The molecule has 0 fully saturated rings. The van der Waals surface area contributed by atoms with Gasteiger partial charge in [-0.3, -0.25) is 24.4 Å². The number of nitrogens with two attached hydrogens (primary N) is 1. The molecule has 1 aromatic heterocycles. The van der Waals surface area contributed by atoms with Gasteiger partial charge in [0.15, 0.2) is 0 Å². The van der Waals surface area contributed by atoms with Gasteiger partial charge in [-0.1, -0.05) is 12.1 Å². The summed E-state index contributed by atoms with van der Waals surface area (Å²) in [7, 11) is -3.98. The van der Waals surface area contributed by atoms with Gasteiger partial charge in [0.05, 0.1) is 11.4 Å². The van der Waals surface area contributed by atoms with Crippen LogP contribution in [0.2, 0.25) is 0 Å². The fourth-order valence-corrected chi connectivity index (χ4v) is 3.73. The van der Waals surface area contributed by atoms with E-state index in [2.05, 4.69) is 20.5 Å². The summed E-state index contributed by atoms with van der Waals surface area (Å²) < 4.78 is 28.7. The predicted octanol–water partition coefficient (Wildman–Crippen LogP) is -0.626. The third-order valence-corrected chi connectivity index (χ3v) is 5.49. The Bertz CT molecular complexity index is 1180. The van der Waals surface area contributed by atoms with E-state index in [1.54, 1.807) is 26.0 Å². The second-order valence-electron chi connectivity index (χ2n) is 6.62. The lowest BCUT2D eigenvalue weighted by Gasteiger charge is -2.13. The van der Waals surface area contributed by atoms with Crippen molar-refractivity contribution in [3.8, 4) is 0 Å². The molecular formula is C19H24N6O6S. The highest BCUT2D eigenvalue weighted by molar-refractivity contribution is 7.92. The van der Waals surface area contributed by atoms with Gasteiger partial charge in [-0.2, -0.15) is 0 Å². The lowest BCUT2D eigenvalue weighted by molar-refractivity contribution is -0.122. The monoisotopic (exact) mass is 464 g/mol. The maximum Gasteiger partial charge on any atom is 0.275 e. The van der Waals surface area contributed by atoms with E-state index in [1.165, 1.54) is 24.3 Å². The number of hydrogen-bond acceptors (Lipinski definition) is 7. The molecule has 2 aromatic rings. The van der Waals surface area contributed by atoms with Crippen LogP contribution in [0.1, 0.15) is 11.3 Å². The number of aromatic nitrogens is 1. The van der Waals surface area contributed by atoms with Crippen LogP contribution in [0.4, 0.5) is 5.69 Å². The number of nitrogens with one attached hydrogen (secondary N) is 3. The molecule has 0 aliphatic carbocycles. The number of carbonyl (C=O) groups excluding carboxylic acids is 2. The molecule has 0 spiro atoms. The summed E-state index contributed by atoms with van der Waals surface area (Å²) in [5.74, 6) is -0.737. The summed E-state index contributed by atoms with van der Waals surface area (Å²) in [5.41, 5.74) is 5.65. The van der Waals surface area contributed by atoms with Crippen molar-refractivity contribution in [2.45, 2.75) is 25.3 Å². The Balaban J connectivity index is 2.05. The SMILES string of the molecule is Cc1cccc(S(=O)(=O)Nc2ccc(C)n(CC(=O)NCCO/N=C(/N)NC=O)c2=O)c1. The number of aryl methyl sites for hydroxylation is 2. The van der Waals surface area contributed by atoms with Crippen LogP contribution in [-0.2, 0) is 31.0 Å². The van der Waals surface area contributed by atoms with E-state index >= 15 is 0 Å². The molecule has 0 atom stereocenters. The van der Waals surface area contributed by atoms with Crippen molar-refractivity contribution in [1.82, 2.24) is 15.2 Å². The normalized spacial score (nSPS) is 11.5. The van der Waals surface area contributed by atoms with Gasteiger partial charge in [-0.15, -0.1) is 0 Å². The molecule has 172 valence electrons. The van der Waals surface area contributed by atoms with Crippen LogP contribution in [0.5, 0.6) is 0 Å². The fourth-order valence-electron chi connectivity index (χ4n) is 2.57. The highest BCUT2D eigenvalue weighted by Crippen LogP contribution is 2.15. The molecule has 0 aliphatic rings. The number of benzene rings is 1. The molecule has 2 amide bonds. The van der Waals surface area contributed by atoms with Crippen molar-refractivity contribution >= 4 is 34.0 Å². The van der Waals surface area contributed by atoms with E-state index in [1.807, 2.05) is 0 Å². The first kappa shape index (κ1) is 24.4. The van der Waals surface area contributed by atoms with E-state index in [9.17, 15) is 22.8 Å². The van der Waals surface area contributed by atoms with Crippen LogP contribution in [0.25, 0.3) is 0 Å². The largest absolute Gasteiger partial charge is 0.391 e. The third-order valence-electron chi connectivity index (χ3n) is 4.12. The lowest BCUT2D eigenvalue weighted by Crippen LogP contribution is -2.36. The highest BCUT2D eigenvalue weighted by atomic mass is 32.2. The predicted molar refractivity (Wildman–Crippen MR) is 117 cm³/mol. The highest BCUT2D eigenvalue weighted by Gasteiger charge is 2.18. The molecule has 1 aromatic carbocycles. The van der Waals surface area contributed by atoms with Gasteiger partial charge in [0.2, 0.25) is 18.3 Å². The van der Waals surface area contributed by atoms with Crippen molar-refractivity contribution in [1.29, 1.82) is 0 Å². The minimum atomic E-state index is -3.98. The Hall–Kier alpha value is -3.87. The molecule has 32 heavy (non-hydrogen) atoms. The Morgan fingerprint density at radius 1 is 1.25 bits per heavy atom. The minimum absolute atomic E-state index is 0.0217. The van der Waals surface area contributed by atoms with Crippen molar-refractivity contribution in [2.24, 2.45) is 10.9 Å². The van der Waals surface area contributed by atoms with Crippen LogP contribution < -0.4 is 26.6 Å². The maximum atomic E-state index is 12.8. The zero-order chi connectivity index (χ0) is 23.7. The molecule has 0 bridgehead atoms. The number of pyridine rings is 1. The smallest absolute Gasteiger partial charge is 0.275 e. The van der Waals surface area contributed by atoms with Gasteiger partial charge in [0.1, 0.15) is 18.8 Å². The number of sulfonamides is 1. The zero-order valence-corrected chi connectivity index (χ0v) is 18.3. The standard InChI is InChI=1S/C19H24N6O6S/c1-13-4-3-5-15(10-13)32(29,30)24-16-7-6-14(2)25(18(16)28)11-17(27)21-8-9-31-23-19(20)22-12-26/h3-7,10,12,24H,8-9,11H2,1-2H3,(H,21,27)(H3,20,22,23,26). The van der Waals surface area contributed by atoms with Gasteiger partial charge in [-0.25, -0.2) is 8.42 Å². The number of anilines is 1. The fraction of sp³-hybridized carbons (Fsp3) is 0.263. The zero-order valence-electron chi connectivity index (χ0n) is 17.5. The minimum Gasteiger partial charge on any atom is -0.391 e. The van der Waals surface area contributed by atoms with Crippen LogP contribution in [0.15, 0.2) is 51.2 Å².